The molecule has 1 aliphatic heterocycles. The molecule has 2 unspecified atom stereocenters. The SMILES string of the molecule is CCOCCN(CCOCC)C1(CN)CC(C)N(C)C1. The molecule has 0 bridgehead atoms. The van der Waals surface area contributed by atoms with Crippen LogP contribution in [0.25, 0.3) is 0 Å². The minimum absolute atomic E-state index is 0.0718. The largest absolute Gasteiger partial charge is 0.380 e. The summed E-state index contributed by atoms with van der Waals surface area (Å²) in [6.45, 7) is 13.0. The van der Waals surface area contributed by atoms with Gasteiger partial charge < -0.3 is 20.1 Å². The van der Waals surface area contributed by atoms with Crippen LogP contribution in [-0.2, 0) is 9.47 Å². The van der Waals surface area contributed by atoms with Crippen LogP contribution in [0.2, 0.25) is 0 Å². The first-order valence-corrected chi connectivity index (χ1v) is 7.90. The molecule has 1 saturated heterocycles. The lowest BCUT2D eigenvalue weighted by molar-refractivity contribution is 0.0268. The van der Waals surface area contributed by atoms with Crippen LogP contribution in [-0.4, -0.2) is 81.0 Å². The fourth-order valence-corrected chi connectivity index (χ4v) is 3.12. The van der Waals surface area contributed by atoms with Gasteiger partial charge in [0.2, 0.25) is 0 Å². The Kier molecular flexibility index (Phi) is 7.99. The van der Waals surface area contributed by atoms with Crippen molar-refractivity contribution in [2.24, 2.45) is 5.73 Å². The van der Waals surface area contributed by atoms with E-state index < -0.39 is 0 Å². The second-order valence-corrected chi connectivity index (χ2v) is 5.78. The zero-order valence-corrected chi connectivity index (χ0v) is 13.7. The summed E-state index contributed by atoms with van der Waals surface area (Å²) in [6, 6.07) is 0.584. The number of hydrogen-bond acceptors (Lipinski definition) is 5. The monoisotopic (exact) mass is 287 g/mol. The van der Waals surface area contributed by atoms with Crippen molar-refractivity contribution < 1.29 is 9.47 Å². The van der Waals surface area contributed by atoms with Gasteiger partial charge in [-0.15, -0.1) is 0 Å². The summed E-state index contributed by atoms with van der Waals surface area (Å²) in [5.74, 6) is 0. The molecular weight excluding hydrogens is 254 g/mol. The minimum atomic E-state index is 0.0718. The smallest absolute Gasteiger partial charge is 0.0593 e. The number of likely N-dealkylation sites (N-methyl/N-ethyl adjacent to an activating group) is 1. The van der Waals surface area contributed by atoms with Crippen molar-refractivity contribution in [2.45, 2.75) is 38.8 Å². The highest BCUT2D eigenvalue weighted by Gasteiger charge is 2.43. The van der Waals surface area contributed by atoms with Crippen molar-refractivity contribution in [3.8, 4) is 0 Å². The molecule has 5 heteroatoms. The Balaban J connectivity index is 2.66. The third-order valence-electron chi connectivity index (χ3n) is 4.44. The molecule has 1 rings (SSSR count). The van der Waals surface area contributed by atoms with Crippen LogP contribution in [0.5, 0.6) is 0 Å². The van der Waals surface area contributed by atoms with E-state index >= 15 is 0 Å². The van der Waals surface area contributed by atoms with E-state index in [2.05, 4.69) is 23.8 Å². The van der Waals surface area contributed by atoms with Crippen molar-refractivity contribution in [1.82, 2.24) is 9.80 Å². The van der Waals surface area contributed by atoms with E-state index in [4.69, 9.17) is 15.2 Å². The van der Waals surface area contributed by atoms with E-state index in [0.717, 1.165) is 52.5 Å². The Morgan fingerprint density at radius 2 is 1.75 bits per heavy atom. The Labute approximate surface area is 124 Å². The molecule has 2 atom stereocenters. The third kappa shape index (κ3) is 4.67. The van der Waals surface area contributed by atoms with Gasteiger partial charge in [0.15, 0.2) is 0 Å². The molecule has 1 heterocycles. The average molecular weight is 287 g/mol. The van der Waals surface area contributed by atoms with E-state index in [1.807, 2.05) is 13.8 Å². The zero-order chi connectivity index (χ0) is 15.0. The maximum atomic E-state index is 6.15. The van der Waals surface area contributed by atoms with E-state index in [9.17, 15) is 0 Å². The molecular formula is C15H33N3O2. The first kappa shape index (κ1) is 17.9. The van der Waals surface area contributed by atoms with Crippen molar-refractivity contribution in [1.29, 1.82) is 0 Å². The molecule has 5 nitrogen and oxygen atoms in total. The molecule has 0 aromatic heterocycles. The quantitative estimate of drug-likeness (QED) is 0.602. The minimum Gasteiger partial charge on any atom is -0.380 e. The van der Waals surface area contributed by atoms with Gasteiger partial charge in [0.25, 0.3) is 0 Å². The predicted molar refractivity (Wildman–Crippen MR) is 83.1 cm³/mol. The Morgan fingerprint density at radius 1 is 1.20 bits per heavy atom. The molecule has 0 aromatic carbocycles. The number of hydrogen-bond donors (Lipinski definition) is 1. The summed E-state index contributed by atoms with van der Waals surface area (Å²) < 4.78 is 11.1. The van der Waals surface area contributed by atoms with E-state index in [0.29, 0.717) is 12.6 Å². The van der Waals surface area contributed by atoms with Crippen LogP contribution >= 0.6 is 0 Å². The highest BCUT2D eigenvalue weighted by atomic mass is 16.5. The van der Waals surface area contributed by atoms with Gasteiger partial charge in [0.1, 0.15) is 0 Å². The first-order valence-electron chi connectivity index (χ1n) is 7.90. The van der Waals surface area contributed by atoms with Crippen LogP contribution in [0.3, 0.4) is 0 Å². The summed E-state index contributed by atoms with van der Waals surface area (Å²) in [6.07, 6.45) is 1.12. The molecule has 0 amide bonds. The van der Waals surface area contributed by atoms with Gasteiger partial charge in [-0.25, -0.2) is 0 Å². The molecule has 2 N–H and O–H groups in total. The average Bonchev–Trinajstić information content (AvgIpc) is 2.74. The maximum Gasteiger partial charge on any atom is 0.0593 e. The van der Waals surface area contributed by atoms with Crippen LogP contribution in [0.15, 0.2) is 0 Å². The number of likely N-dealkylation sites (tertiary alicyclic amines) is 1. The number of ether oxygens (including phenoxy) is 2. The van der Waals surface area contributed by atoms with Crippen molar-refractivity contribution in [3.63, 3.8) is 0 Å². The second kappa shape index (κ2) is 8.95. The molecule has 0 aliphatic carbocycles. The summed E-state index contributed by atoms with van der Waals surface area (Å²) in [5, 5.41) is 0. The van der Waals surface area contributed by atoms with Crippen molar-refractivity contribution in [3.05, 3.63) is 0 Å². The predicted octanol–water partition coefficient (Wildman–Crippen LogP) is 0.783. The van der Waals surface area contributed by atoms with Gasteiger partial charge in [-0.2, -0.15) is 0 Å². The van der Waals surface area contributed by atoms with Crippen LogP contribution in [0, 0.1) is 0 Å². The number of nitrogens with zero attached hydrogens (tertiary/aromatic N) is 2. The van der Waals surface area contributed by atoms with E-state index in [1.165, 1.54) is 0 Å². The van der Waals surface area contributed by atoms with Crippen LogP contribution < -0.4 is 5.73 Å². The Morgan fingerprint density at radius 3 is 2.10 bits per heavy atom. The van der Waals surface area contributed by atoms with Crippen LogP contribution in [0.1, 0.15) is 27.2 Å². The summed E-state index contributed by atoms with van der Waals surface area (Å²) in [4.78, 5) is 4.89. The van der Waals surface area contributed by atoms with Crippen molar-refractivity contribution >= 4 is 0 Å². The molecule has 0 radical (unpaired) electrons. The van der Waals surface area contributed by atoms with Gasteiger partial charge >= 0.3 is 0 Å². The zero-order valence-electron chi connectivity index (χ0n) is 13.7. The van der Waals surface area contributed by atoms with Crippen molar-refractivity contribution in [2.75, 3.05) is 59.7 Å². The topological polar surface area (TPSA) is 51.0 Å². The molecule has 0 saturated carbocycles. The summed E-state index contributed by atoms with van der Waals surface area (Å²) >= 11 is 0. The van der Waals surface area contributed by atoms with Gasteiger partial charge in [0, 0.05) is 51.0 Å². The lowest BCUT2D eigenvalue weighted by atomic mass is 9.94. The standard InChI is InChI=1S/C15H33N3O2/c1-5-19-9-7-18(8-10-20-6-2)15(12-16)11-14(3)17(4)13-15/h14H,5-13,16H2,1-4H3. The highest BCUT2D eigenvalue weighted by molar-refractivity contribution is 5.02. The van der Waals surface area contributed by atoms with Gasteiger partial charge in [-0.1, -0.05) is 0 Å². The fraction of sp³-hybridized carbons (Fsp3) is 1.00. The number of rotatable bonds is 10. The molecule has 1 fully saturated rings. The lowest BCUT2D eigenvalue weighted by Gasteiger charge is -2.40. The summed E-state index contributed by atoms with van der Waals surface area (Å²) in [7, 11) is 2.19. The normalized spacial score (nSPS) is 27.6. The lowest BCUT2D eigenvalue weighted by Crippen LogP contribution is -2.57. The molecule has 20 heavy (non-hydrogen) atoms. The van der Waals surface area contributed by atoms with E-state index in [-0.39, 0.29) is 5.54 Å². The van der Waals surface area contributed by atoms with Gasteiger partial charge in [-0.3, -0.25) is 4.90 Å². The second-order valence-electron chi connectivity index (χ2n) is 5.78. The maximum absolute atomic E-state index is 6.15. The Hall–Kier alpha value is -0.200. The molecule has 0 aromatic rings. The fourth-order valence-electron chi connectivity index (χ4n) is 3.12. The third-order valence-corrected chi connectivity index (χ3v) is 4.44. The van der Waals surface area contributed by atoms with Crippen LogP contribution in [0.4, 0.5) is 0 Å². The highest BCUT2D eigenvalue weighted by Crippen LogP contribution is 2.30. The first-order chi connectivity index (χ1) is 9.59. The van der Waals surface area contributed by atoms with Gasteiger partial charge in [0.05, 0.1) is 13.2 Å². The summed E-state index contributed by atoms with van der Waals surface area (Å²) in [5.41, 5.74) is 6.22. The molecule has 120 valence electrons. The molecule has 1 aliphatic rings. The van der Waals surface area contributed by atoms with Gasteiger partial charge in [-0.05, 0) is 34.2 Å². The molecule has 0 spiro atoms. The number of nitrogens with two attached hydrogens (primary N) is 1. The Bertz CT molecular complexity index is 244. The van der Waals surface area contributed by atoms with E-state index in [1.54, 1.807) is 0 Å².